The van der Waals surface area contributed by atoms with Crippen molar-refractivity contribution in [2.45, 2.75) is 0 Å². The first-order valence-corrected chi connectivity index (χ1v) is 3.75. The molecule has 0 aliphatic heterocycles. The third-order valence-electron chi connectivity index (χ3n) is 1.87. The van der Waals surface area contributed by atoms with Gasteiger partial charge in [-0.05, 0) is 18.2 Å². The number of halogens is 1. The van der Waals surface area contributed by atoms with Crippen LogP contribution in [0.4, 0.5) is 4.39 Å². The van der Waals surface area contributed by atoms with E-state index in [1.807, 2.05) is 0 Å². The van der Waals surface area contributed by atoms with E-state index in [0.717, 1.165) is 10.9 Å². The number of aromatic amines is 1. The maximum atomic E-state index is 12.7. The predicted molar refractivity (Wildman–Crippen MR) is 47.6 cm³/mol. The number of hydrogen-bond donors (Lipinski definition) is 2. The van der Waals surface area contributed by atoms with Gasteiger partial charge in [-0.15, -0.1) is 0 Å². The van der Waals surface area contributed by atoms with Gasteiger partial charge in [-0.1, -0.05) is 5.16 Å². The highest BCUT2D eigenvalue weighted by Crippen LogP contribution is 2.17. The second-order valence-corrected chi connectivity index (χ2v) is 2.68. The second kappa shape index (κ2) is 2.90. The molecule has 0 fully saturated rings. The van der Waals surface area contributed by atoms with E-state index in [1.54, 1.807) is 12.3 Å². The zero-order chi connectivity index (χ0) is 9.26. The maximum absolute atomic E-state index is 12.7. The van der Waals surface area contributed by atoms with Crippen LogP contribution in [0, 0.1) is 5.82 Å². The number of nitrogens with one attached hydrogen (secondary N) is 1. The van der Waals surface area contributed by atoms with Gasteiger partial charge in [-0.2, -0.15) is 0 Å². The minimum Gasteiger partial charge on any atom is -0.411 e. The van der Waals surface area contributed by atoms with Crippen molar-refractivity contribution in [2.24, 2.45) is 5.16 Å². The molecule has 0 saturated heterocycles. The quantitative estimate of drug-likeness (QED) is 0.392. The Hall–Kier alpha value is -1.84. The zero-order valence-electron chi connectivity index (χ0n) is 6.66. The van der Waals surface area contributed by atoms with Crippen LogP contribution in [0.3, 0.4) is 0 Å². The summed E-state index contributed by atoms with van der Waals surface area (Å²) in [4.78, 5) is 2.87. The summed E-state index contributed by atoms with van der Waals surface area (Å²) in [7, 11) is 0. The van der Waals surface area contributed by atoms with E-state index in [-0.39, 0.29) is 5.82 Å². The molecule has 4 heteroatoms. The van der Waals surface area contributed by atoms with Gasteiger partial charge in [0.1, 0.15) is 5.82 Å². The van der Waals surface area contributed by atoms with Crippen LogP contribution in [0.5, 0.6) is 0 Å². The normalized spacial score (nSPS) is 11.5. The van der Waals surface area contributed by atoms with Crippen LogP contribution < -0.4 is 0 Å². The van der Waals surface area contributed by atoms with Crippen LogP contribution in [0.1, 0.15) is 5.56 Å². The van der Waals surface area contributed by atoms with Crippen molar-refractivity contribution >= 4 is 17.1 Å². The lowest BCUT2D eigenvalue weighted by molar-refractivity contribution is 0.322. The van der Waals surface area contributed by atoms with Crippen LogP contribution in [0.25, 0.3) is 10.9 Å². The molecule has 0 amide bonds. The van der Waals surface area contributed by atoms with Crippen molar-refractivity contribution in [3.8, 4) is 0 Å². The Morgan fingerprint density at radius 1 is 1.46 bits per heavy atom. The van der Waals surface area contributed by atoms with Crippen molar-refractivity contribution < 1.29 is 9.60 Å². The van der Waals surface area contributed by atoms with Crippen molar-refractivity contribution in [3.63, 3.8) is 0 Å². The molecule has 1 aromatic carbocycles. The minimum atomic E-state index is -0.290. The standard InChI is InChI=1S/C9H7FN2O/c10-7-1-2-8-6(5-12-13)4-11-9(8)3-7/h1-5,11,13H/b12-5-. The number of nitrogens with zero attached hydrogens (tertiary/aromatic N) is 1. The second-order valence-electron chi connectivity index (χ2n) is 2.68. The molecule has 0 aliphatic rings. The molecule has 66 valence electrons. The van der Waals surface area contributed by atoms with E-state index in [2.05, 4.69) is 10.1 Å². The topological polar surface area (TPSA) is 48.4 Å². The molecule has 0 atom stereocenters. The van der Waals surface area contributed by atoms with Crippen molar-refractivity contribution in [3.05, 3.63) is 35.8 Å². The summed E-state index contributed by atoms with van der Waals surface area (Å²) < 4.78 is 12.7. The molecule has 0 spiro atoms. The van der Waals surface area contributed by atoms with Crippen LogP contribution in [0.15, 0.2) is 29.6 Å². The van der Waals surface area contributed by atoms with Crippen molar-refractivity contribution in [2.75, 3.05) is 0 Å². The molecule has 3 nitrogen and oxygen atoms in total. The predicted octanol–water partition coefficient (Wildman–Crippen LogP) is 2.12. The molecule has 0 radical (unpaired) electrons. The van der Waals surface area contributed by atoms with Gasteiger partial charge in [-0.3, -0.25) is 0 Å². The first-order chi connectivity index (χ1) is 6.31. The van der Waals surface area contributed by atoms with Crippen molar-refractivity contribution in [1.29, 1.82) is 0 Å². The molecule has 13 heavy (non-hydrogen) atoms. The van der Waals surface area contributed by atoms with Gasteiger partial charge in [0.05, 0.1) is 6.21 Å². The average Bonchev–Trinajstić information content (AvgIpc) is 2.49. The Labute approximate surface area is 73.5 Å². The lowest BCUT2D eigenvalue weighted by Gasteiger charge is -1.90. The number of H-pyrrole nitrogens is 1. The van der Waals surface area contributed by atoms with Crippen LogP contribution in [-0.4, -0.2) is 16.4 Å². The number of hydrogen-bond acceptors (Lipinski definition) is 2. The summed E-state index contributed by atoms with van der Waals surface area (Å²) in [6.07, 6.45) is 2.96. The van der Waals surface area contributed by atoms with Gasteiger partial charge in [0.15, 0.2) is 0 Å². The summed E-state index contributed by atoms with van der Waals surface area (Å²) in [6.45, 7) is 0. The van der Waals surface area contributed by atoms with E-state index in [0.29, 0.717) is 5.52 Å². The first kappa shape index (κ1) is 7.79. The van der Waals surface area contributed by atoms with Crippen LogP contribution in [-0.2, 0) is 0 Å². The molecule has 1 heterocycles. The lowest BCUT2D eigenvalue weighted by Crippen LogP contribution is -1.77. The third-order valence-corrected chi connectivity index (χ3v) is 1.87. The average molecular weight is 178 g/mol. The highest BCUT2D eigenvalue weighted by molar-refractivity contribution is 5.98. The van der Waals surface area contributed by atoms with E-state index < -0.39 is 0 Å². The zero-order valence-corrected chi connectivity index (χ0v) is 6.66. The lowest BCUT2D eigenvalue weighted by atomic mass is 10.2. The van der Waals surface area contributed by atoms with Crippen LogP contribution >= 0.6 is 0 Å². The molecule has 2 rings (SSSR count). The fourth-order valence-electron chi connectivity index (χ4n) is 1.29. The summed E-state index contributed by atoms with van der Waals surface area (Å²) >= 11 is 0. The fourth-order valence-corrected chi connectivity index (χ4v) is 1.29. The van der Waals surface area contributed by atoms with Gasteiger partial charge in [0, 0.05) is 22.7 Å². The molecule has 1 aromatic heterocycles. The minimum absolute atomic E-state index is 0.290. The number of benzene rings is 1. The Morgan fingerprint density at radius 2 is 2.31 bits per heavy atom. The number of rotatable bonds is 1. The molecular formula is C9H7FN2O. The Bertz CT molecular complexity index is 462. The molecule has 0 unspecified atom stereocenters. The monoisotopic (exact) mass is 178 g/mol. The molecule has 0 aliphatic carbocycles. The molecule has 0 saturated carbocycles. The van der Waals surface area contributed by atoms with E-state index in [4.69, 9.17) is 5.21 Å². The van der Waals surface area contributed by atoms with E-state index in [1.165, 1.54) is 18.3 Å². The highest BCUT2D eigenvalue weighted by atomic mass is 19.1. The smallest absolute Gasteiger partial charge is 0.125 e. The van der Waals surface area contributed by atoms with Gasteiger partial charge in [-0.25, -0.2) is 4.39 Å². The number of aromatic nitrogens is 1. The van der Waals surface area contributed by atoms with E-state index in [9.17, 15) is 4.39 Å². The van der Waals surface area contributed by atoms with E-state index >= 15 is 0 Å². The molecular weight excluding hydrogens is 171 g/mol. The van der Waals surface area contributed by atoms with Gasteiger partial charge < -0.3 is 10.2 Å². The third kappa shape index (κ3) is 1.26. The first-order valence-electron chi connectivity index (χ1n) is 3.75. The number of oxime groups is 1. The summed E-state index contributed by atoms with van der Waals surface area (Å²) in [5, 5.41) is 12.1. The molecule has 0 bridgehead atoms. The highest BCUT2D eigenvalue weighted by Gasteiger charge is 2.01. The fraction of sp³-hybridized carbons (Fsp3) is 0. The Morgan fingerprint density at radius 3 is 3.08 bits per heavy atom. The Balaban J connectivity index is 2.68. The maximum Gasteiger partial charge on any atom is 0.125 e. The largest absolute Gasteiger partial charge is 0.411 e. The SMILES string of the molecule is O/N=C\c1c[nH]c2cc(F)ccc12. The van der Waals surface area contributed by atoms with Gasteiger partial charge in [0.25, 0.3) is 0 Å². The summed E-state index contributed by atoms with van der Waals surface area (Å²) in [5.41, 5.74) is 1.42. The van der Waals surface area contributed by atoms with Crippen LogP contribution in [0.2, 0.25) is 0 Å². The molecule has 2 N–H and O–H groups in total. The van der Waals surface area contributed by atoms with Gasteiger partial charge >= 0.3 is 0 Å². The van der Waals surface area contributed by atoms with Crippen molar-refractivity contribution in [1.82, 2.24) is 4.98 Å². The number of fused-ring (bicyclic) bond motifs is 1. The molecule has 2 aromatic rings. The van der Waals surface area contributed by atoms with Gasteiger partial charge in [0.2, 0.25) is 0 Å². The summed E-state index contributed by atoms with van der Waals surface area (Å²) in [5.74, 6) is -0.290. The Kier molecular flexibility index (Phi) is 1.73. The summed E-state index contributed by atoms with van der Waals surface area (Å²) in [6, 6.07) is 4.40.